The maximum Gasteiger partial charge on any atom is 0.293 e. The lowest BCUT2D eigenvalue weighted by Gasteiger charge is -2.28. The Hall–Kier alpha value is -1.66. The predicted molar refractivity (Wildman–Crippen MR) is 86.0 cm³/mol. The van der Waals surface area contributed by atoms with E-state index in [-0.39, 0.29) is 5.69 Å². The lowest BCUT2D eigenvalue weighted by molar-refractivity contribution is -0.384. The highest BCUT2D eigenvalue weighted by molar-refractivity contribution is 5.62. The van der Waals surface area contributed by atoms with Crippen LogP contribution in [-0.2, 0) is 6.54 Å². The third-order valence-corrected chi connectivity index (χ3v) is 3.81. The average Bonchev–Trinajstić information content (AvgIpc) is 2.50. The second-order valence-corrected chi connectivity index (χ2v) is 5.33. The van der Waals surface area contributed by atoms with E-state index in [1.165, 1.54) is 6.07 Å². The molecule has 0 spiro atoms. The third kappa shape index (κ3) is 4.99. The molecule has 0 aliphatic rings. The van der Waals surface area contributed by atoms with Crippen LogP contribution in [0.15, 0.2) is 18.2 Å². The van der Waals surface area contributed by atoms with Crippen molar-refractivity contribution in [2.75, 3.05) is 12.0 Å². The molecule has 0 amide bonds. The summed E-state index contributed by atoms with van der Waals surface area (Å²) in [6, 6.07) is 5.57. The molecule has 6 nitrogen and oxygen atoms in total. The average molecular weight is 294 g/mol. The van der Waals surface area contributed by atoms with E-state index in [0.29, 0.717) is 11.7 Å². The summed E-state index contributed by atoms with van der Waals surface area (Å²) in [5.74, 6) is 5.39. The highest BCUT2D eigenvalue weighted by Crippen LogP contribution is 2.25. The van der Waals surface area contributed by atoms with E-state index < -0.39 is 4.92 Å². The number of hydrogen-bond donors (Lipinski definition) is 2. The first-order valence-electron chi connectivity index (χ1n) is 7.51. The Labute approximate surface area is 126 Å². The first-order valence-corrected chi connectivity index (χ1v) is 7.51. The molecular weight excluding hydrogens is 268 g/mol. The number of hydrazine groups is 1. The molecule has 118 valence electrons. The first kappa shape index (κ1) is 17.4. The Balaban J connectivity index is 2.90. The number of nitrogen functional groups attached to an aromatic ring is 1. The van der Waals surface area contributed by atoms with E-state index in [1.807, 2.05) is 0 Å². The molecule has 1 rings (SSSR count). The van der Waals surface area contributed by atoms with Crippen LogP contribution in [0.2, 0.25) is 0 Å². The van der Waals surface area contributed by atoms with Crippen LogP contribution >= 0.6 is 0 Å². The number of benzene rings is 1. The molecular formula is C15H26N4O2. The van der Waals surface area contributed by atoms with Crippen molar-refractivity contribution in [2.24, 2.45) is 5.84 Å². The van der Waals surface area contributed by atoms with Crippen LogP contribution in [0, 0.1) is 10.1 Å². The number of nitrogens with two attached hydrogens (primary N) is 1. The van der Waals surface area contributed by atoms with Gasteiger partial charge in [0, 0.05) is 18.7 Å². The van der Waals surface area contributed by atoms with Gasteiger partial charge in [-0.3, -0.25) is 20.9 Å². The minimum Gasteiger partial charge on any atom is -0.318 e. The van der Waals surface area contributed by atoms with Crippen molar-refractivity contribution in [1.82, 2.24) is 4.90 Å². The molecule has 3 N–H and O–H groups in total. The van der Waals surface area contributed by atoms with Gasteiger partial charge >= 0.3 is 0 Å². The monoisotopic (exact) mass is 294 g/mol. The quantitative estimate of drug-likeness (QED) is 0.415. The minimum absolute atomic E-state index is 0.00454. The van der Waals surface area contributed by atoms with E-state index in [0.717, 1.165) is 37.9 Å². The number of hydrogen-bond acceptors (Lipinski definition) is 5. The van der Waals surface area contributed by atoms with Gasteiger partial charge in [-0.1, -0.05) is 26.3 Å². The van der Waals surface area contributed by atoms with Gasteiger partial charge in [-0.05, 0) is 37.9 Å². The number of nitro groups is 1. The molecule has 0 bridgehead atoms. The molecule has 1 aromatic carbocycles. The fraction of sp³-hybridized carbons (Fsp3) is 0.600. The molecule has 0 aromatic heterocycles. The lowest BCUT2D eigenvalue weighted by Crippen LogP contribution is -2.33. The van der Waals surface area contributed by atoms with Crippen LogP contribution in [0.25, 0.3) is 0 Å². The van der Waals surface area contributed by atoms with E-state index in [4.69, 9.17) is 5.84 Å². The minimum atomic E-state index is -0.428. The van der Waals surface area contributed by atoms with Gasteiger partial charge < -0.3 is 5.43 Å². The van der Waals surface area contributed by atoms with Crippen LogP contribution in [0.5, 0.6) is 0 Å². The molecule has 0 fully saturated rings. The molecule has 21 heavy (non-hydrogen) atoms. The summed E-state index contributed by atoms with van der Waals surface area (Å²) in [5.41, 5.74) is 3.81. The van der Waals surface area contributed by atoms with Gasteiger partial charge in [-0.15, -0.1) is 0 Å². The molecule has 1 aromatic rings. The van der Waals surface area contributed by atoms with E-state index in [2.05, 4.69) is 31.1 Å². The Bertz CT molecular complexity index is 465. The molecule has 6 heteroatoms. The largest absolute Gasteiger partial charge is 0.318 e. The number of nitrogens with one attached hydrogen (secondary N) is 1. The fourth-order valence-corrected chi connectivity index (χ4v) is 2.27. The van der Waals surface area contributed by atoms with Crippen LogP contribution < -0.4 is 11.3 Å². The number of nitro benzene ring substituents is 1. The highest BCUT2D eigenvalue weighted by Gasteiger charge is 2.16. The zero-order chi connectivity index (χ0) is 15.8. The Kier molecular flexibility index (Phi) is 7.11. The van der Waals surface area contributed by atoms with Gasteiger partial charge in [0.15, 0.2) is 0 Å². The SMILES string of the molecule is CCCCN(Cc1ccc([N+](=O)[O-])c(NN)c1)C(C)CC. The second kappa shape index (κ2) is 8.59. The van der Waals surface area contributed by atoms with Crippen LogP contribution in [0.1, 0.15) is 45.6 Å². The van der Waals surface area contributed by atoms with Crippen molar-refractivity contribution in [1.29, 1.82) is 0 Å². The zero-order valence-electron chi connectivity index (χ0n) is 13.1. The van der Waals surface area contributed by atoms with Crippen molar-refractivity contribution < 1.29 is 4.92 Å². The Morgan fingerprint density at radius 1 is 1.43 bits per heavy atom. The van der Waals surface area contributed by atoms with E-state index >= 15 is 0 Å². The summed E-state index contributed by atoms with van der Waals surface area (Å²) in [6.45, 7) is 8.38. The number of unbranched alkanes of at least 4 members (excludes halogenated alkanes) is 1. The second-order valence-electron chi connectivity index (χ2n) is 5.33. The van der Waals surface area contributed by atoms with E-state index in [9.17, 15) is 10.1 Å². The van der Waals surface area contributed by atoms with Crippen molar-refractivity contribution >= 4 is 11.4 Å². The number of rotatable bonds is 9. The van der Waals surface area contributed by atoms with E-state index in [1.54, 1.807) is 12.1 Å². The third-order valence-electron chi connectivity index (χ3n) is 3.81. The summed E-state index contributed by atoms with van der Waals surface area (Å²) in [5, 5.41) is 10.9. The van der Waals surface area contributed by atoms with Crippen LogP contribution in [-0.4, -0.2) is 22.4 Å². The summed E-state index contributed by atoms with van der Waals surface area (Å²) >= 11 is 0. The number of anilines is 1. The van der Waals surface area contributed by atoms with Gasteiger partial charge in [-0.25, -0.2) is 0 Å². The van der Waals surface area contributed by atoms with Gasteiger partial charge in [0.2, 0.25) is 0 Å². The summed E-state index contributed by atoms with van der Waals surface area (Å²) in [6.07, 6.45) is 3.39. The van der Waals surface area contributed by atoms with Crippen molar-refractivity contribution in [2.45, 2.75) is 52.6 Å². The fourth-order valence-electron chi connectivity index (χ4n) is 2.27. The smallest absolute Gasteiger partial charge is 0.293 e. The van der Waals surface area contributed by atoms with Crippen molar-refractivity contribution in [3.8, 4) is 0 Å². The first-order chi connectivity index (χ1) is 10.0. The zero-order valence-corrected chi connectivity index (χ0v) is 13.1. The topological polar surface area (TPSA) is 84.4 Å². The van der Waals surface area contributed by atoms with Crippen LogP contribution in [0.3, 0.4) is 0 Å². The van der Waals surface area contributed by atoms with Crippen molar-refractivity contribution in [3.05, 3.63) is 33.9 Å². The Morgan fingerprint density at radius 2 is 2.14 bits per heavy atom. The summed E-state index contributed by atoms with van der Waals surface area (Å²) < 4.78 is 0. The summed E-state index contributed by atoms with van der Waals surface area (Å²) in [7, 11) is 0. The molecule has 0 radical (unpaired) electrons. The van der Waals surface area contributed by atoms with Crippen LogP contribution in [0.4, 0.5) is 11.4 Å². The van der Waals surface area contributed by atoms with Gasteiger partial charge in [-0.2, -0.15) is 0 Å². The van der Waals surface area contributed by atoms with Gasteiger partial charge in [0.1, 0.15) is 5.69 Å². The van der Waals surface area contributed by atoms with Gasteiger partial charge in [0.25, 0.3) is 5.69 Å². The molecule has 0 aliphatic carbocycles. The molecule has 0 saturated heterocycles. The lowest BCUT2D eigenvalue weighted by atomic mass is 10.1. The predicted octanol–water partition coefficient (Wildman–Crippen LogP) is 3.28. The molecule has 1 unspecified atom stereocenters. The van der Waals surface area contributed by atoms with Gasteiger partial charge in [0.05, 0.1) is 4.92 Å². The highest BCUT2D eigenvalue weighted by atomic mass is 16.6. The molecule has 0 aliphatic heterocycles. The number of nitrogens with zero attached hydrogens (tertiary/aromatic N) is 2. The maximum absolute atomic E-state index is 10.9. The van der Waals surface area contributed by atoms with Crippen molar-refractivity contribution in [3.63, 3.8) is 0 Å². The molecule has 0 heterocycles. The molecule has 1 atom stereocenters. The maximum atomic E-state index is 10.9. The molecule has 0 saturated carbocycles. The Morgan fingerprint density at radius 3 is 2.67 bits per heavy atom. The summed E-state index contributed by atoms with van der Waals surface area (Å²) in [4.78, 5) is 12.9. The standard InChI is InChI=1S/C15H26N4O2/c1-4-6-9-18(12(3)5-2)11-13-7-8-15(19(20)21)14(10-13)17-16/h7-8,10,12,17H,4-6,9,11,16H2,1-3H3. The normalized spacial score (nSPS) is 12.4.